The number of fused-ring (bicyclic) bond motifs is 1. The summed E-state index contributed by atoms with van der Waals surface area (Å²) in [6, 6.07) is 9.18. The molecule has 1 aliphatic heterocycles. The number of nitrogens with zero attached hydrogens (tertiary/aromatic N) is 4. The maximum absolute atomic E-state index is 12.7. The molecule has 6 heteroatoms. The van der Waals surface area contributed by atoms with E-state index in [1.165, 1.54) is 0 Å². The van der Waals surface area contributed by atoms with Gasteiger partial charge in [0, 0.05) is 56.3 Å². The molecule has 0 aliphatic carbocycles. The van der Waals surface area contributed by atoms with E-state index in [9.17, 15) is 4.79 Å². The van der Waals surface area contributed by atoms with E-state index in [0.717, 1.165) is 29.6 Å². The summed E-state index contributed by atoms with van der Waals surface area (Å²) in [6.45, 7) is 1.38. The molecule has 1 aliphatic rings. The number of aromatic nitrogens is 3. The fraction of sp³-hybridized carbons (Fsp3) is 0.263. The quantitative estimate of drug-likeness (QED) is 0.737. The minimum atomic E-state index is 0.0370. The molecule has 0 saturated carbocycles. The van der Waals surface area contributed by atoms with E-state index in [0.29, 0.717) is 18.7 Å². The molecule has 3 heterocycles. The topological polar surface area (TPSA) is 68.2 Å². The van der Waals surface area contributed by atoms with Crippen molar-refractivity contribution in [1.82, 2.24) is 19.9 Å². The summed E-state index contributed by atoms with van der Waals surface area (Å²) in [5.74, 6) is 0.864. The number of ether oxygens (including phenoxy) is 1. The van der Waals surface area contributed by atoms with E-state index in [4.69, 9.17) is 4.74 Å². The number of carbonyl (C=O) groups excluding carboxylic acids is 1. The number of amides is 1. The standard InChI is InChI=1S/C19H18N4O2/c24-19(14-1-2-17-18(13-14)22-10-9-21-17)23-11-5-16(6-12-23)25-15-3-7-20-8-4-15/h1-4,7-10,13,16H,5-6,11-12H2. The van der Waals surface area contributed by atoms with Crippen molar-refractivity contribution in [1.29, 1.82) is 0 Å². The van der Waals surface area contributed by atoms with Crippen molar-refractivity contribution in [3.63, 3.8) is 0 Å². The molecule has 0 atom stereocenters. The van der Waals surface area contributed by atoms with E-state index in [-0.39, 0.29) is 12.0 Å². The van der Waals surface area contributed by atoms with Crippen molar-refractivity contribution in [3.8, 4) is 5.75 Å². The highest BCUT2D eigenvalue weighted by Crippen LogP contribution is 2.20. The SMILES string of the molecule is O=C(c1ccc2nccnc2c1)N1CCC(Oc2ccncc2)CC1. The van der Waals surface area contributed by atoms with E-state index in [1.54, 1.807) is 24.8 Å². The van der Waals surface area contributed by atoms with Crippen molar-refractivity contribution in [3.05, 3.63) is 60.7 Å². The number of hydrogen-bond acceptors (Lipinski definition) is 5. The van der Waals surface area contributed by atoms with Gasteiger partial charge in [-0.2, -0.15) is 0 Å². The van der Waals surface area contributed by atoms with E-state index in [1.807, 2.05) is 35.2 Å². The first kappa shape index (κ1) is 15.5. The van der Waals surface area contributed by atoms with Gasteiger partial charge in [-0.25, -0.2) is 0 Å². The molecule has 0 spiro atoms. The fourth-order valence-electron chi connectivity index (χ4n) is 3.06. The molecule has 0 unspecified atom stereocenters. The summed E-state index contributed by atoms with van der Waals surface area (Å²) in [4.78, 5) is 27.1. The van der Waals surface area contributed by atoms with Crippen LogP contribution in [0.2, 0.25) is 0 Å². The van der Waals surface area contributed by atoms with Crippen LogP contribution in [0.15, 0.2) is 55.1 Å². The maximum atomic E-state index is 12.7. The highest BCUT2D eigenvalue weighted by molar-refractivity contribution is 5.97. The molecule has 3 aromatic rings. The molecule has 6 nitrogen and oxygen atoms in total. The number of carbonyl (C=O) groups is 1. The highest BCUT2D eigenvalue weighted by Gasteiger charge is 2.25. The van der Waals surface area contributed by atoms with Crippen LogP contribution in [0.25, 0.3) is 11.0 Å². The maximum Gasteiger partial charge on any atom is 0.253 e. The Balaban J connectivity index is 1.40. The lowest BCUT2D eigenvalue weighted by Gasteiger charge is -2.32. The van der Waals surface area contributed by atoms with Gasteiger partial charge in [0.15, 0.2) is 0 Å². The summed E-state index contributed by atoms with van der Waals surface area (Å²) in [5.41, 5.74) is 2.19. The first-order valence-electron chi connectivity index (χ1n) is 8.36. The number of benzene rings is 1. The van der Waals surface area contributed by atoms with Gasteiger partial charge in [0.25, 0.3) is 5.91 Å². The number of rotatable bonds is 3. The average Bonchev–Trinajstić information content (AvgIpc) is 2.68. The number of piperidine rings is 1. The van der Waals surface area contributed by atoms with E-state index in [2.05, 4.69) is 15.0 Å². The van der Waals surface area contributed by atoms with Gasteiger partial charge < -0.3 is 9.64 Å². The Morgan fingerprint density at radius 1 is 0.960 bits per heavy atom. The zero-order chi connectivity index (χ0) is 17.1. The predicted molar refractivity (Wildman–Crippen MR) is 93.3 cm³/mol. The molecule has 1 fully saturated rings. The zero-order valence-corrected chi connectivity index (χ0v) is 13.7. The Bertz CT molecular complexity index is 877. The normalized spacial score (nSPS) is 15.3. The third kappa shape index (κ3) is 3.42. The van der Waals surface area contributed by atoms with Gasteiger partial charge in [0.1, 0.15) is 11.9 Å². The van der Waals surface area contributed by atoms with Gasteiger partial charge in [-0.1, -0.05) is 0 Å². The van der Waals surface area contributed by atoms with Crippen LogP contribution < -0.4 is 4.74 Å². The predicted octanol–water partition coefficient (Wildman–Crippen LogP) is 2.71. The highest BCUT2D eigenvalue weighted by atomic mass is 16.5. The molecule has 1 saturated heterocycles. The van der Waals surface area contributed by atoms with Crippen molar-refractivity contribution < 1.29 is 9.53 Å². The Kier molecular flexibility index (Phi) is 4.24. The molecule has 1 aromatic carbocycles. The minimum absolute atomic E-state index is 0.0370. The lowest BCUT2D eigenvalue weighted by molar-refractivity contribution is 0.0595. The van der Waals surface area contributed by atoms with Crippen LogP contribution in [0, 0.1) is 0 Å². The van der Waals surface area contributed by atoms with Gasteiger partial charge in [-0.15, -0.1) is 0 Å². The molecule has 0 bridgehead atoms. The molecule has 4 rings (SSSR count). The van der Waals surface area contributed by atoms with Crippen LogP contribution in [0.4, 0.5) is 0 Å². The second kappa shape index (κ2) is 6.84. The van der Waals surface area contributed by atoms with Crippen LogP contribution in [-0.2, 0) is 0 Å². The zero-order valence-electron chi connectivity index (χ0n) is 13.7. The van der Waals surface area contributed by atoms with Gasteiger partial charge in [0.2, 0.25) is 0 Å². The first-order chi connectivity index (χ1) is 12.3. The second-order valence-electron chi connectivity index (χ2n) is 6.05. The first-order valence-corrected chi connectivity index (χ1v) is 8.36. The summed E-state index contributed by atoms with van der Waals surface area (Å²) >= 11 is 0. The van der Waals surface area contributed by atoms with E-state index >= 15 is 0 Å². The van der Waals surface area contributed by atoms with Crippen molar-refractivity contribution >= 4 is 16.9 Å². The van der Waals surface area contributed by atoms with Crippen LogP contribution in [0.5, 0.6) is 5.75 Å². The average molecular weight is 334 g/mol. The molecule has 0 N–H and O–H groups in total. The van der Waals surface area contributed by atoms with Gasteiger partial charge >= 0.3 is 0 Å². The van der Waals surface area contributed by atoms with Crippen LogP contribution in [-0.4, -0.2) is 45.0 Å². The fourth-order valence-corrected chi connectivity index (χ4v) is 3.06. The minimum Gasteiger partial charge on any atom is -0.490 e. The molecule has 0 radical (unpaired) electrons. The largest absolute Gasteiger partial charge is 0.490 e. The Labute approximate surface area is 145 Å². The molecule has 25 heavy (non-hydrogen) atoms. The molecule has 1 amide bonds. The summed E-state index contributed by atoms with van der Waals surface area (Å²) < 4.78 is 5.95. The van der Waals surface area contributed by atoms with Crippen molar-refractivity contribution in [2.45, 2.75) is 18.9 Å². The van der Waals surface area contributed by atoms with Gasteiger partial charge in [-0.05, 0) is 30.3 Å². The molecular formula is C19H18N4O2. The third-order valence-corrected chi connectivity index (χ3v) is 4.40. The molecular weight excluding hydrogens is 316 g/mol. The number of hydrogen-bond donors (Lipinski definition) is 0. The number of likely N-dealkylation sites (tertiary alicyclic amines) is 1. The third-order valence-electron chi connectivity index (χ3n) is 4.40. The second-order valence-corrected chi connectivity index (χ2v) is 6.05. The lowest BCUT2D eigenvalue weighted by Crippen LogP contribution is -2.41. The lowest BCUT2D eigenvalue weighted by atomic mass is 10.1. The molecule has 126 valence electrons. The van der Waals surface area contributed by atoms with Crippen LogP contribution >= 0.6 is 0 Å². The summed E-state index contributed by atoms with van der Waals surface area (Å²) in [5, 5.41) is 0. The summed E-state index contributed by atoms with van der Waals surface area (Å²) in [7, 11) is 0. The number of pyridine rings is 1. The van der Waals surface area contributed by atoms with E-state index < -0.39 is 0 Å². The van der Waals surface area contributed by atoms with Gasteiger partial charge in [-0.3, -0.25) is 19.7 Å². The molecule has 2 aromatic heterocycles. The Morgan fingerprint density at radius 3 is 2.44 bits per heavy atom. The summed E-state index contributed by atoms with van der Waals surface area (Å²) in [6.07, 6.45) is 8.50. The van der Waals surface area contributed by atoms with Crippen molar-refractivity contribution in [2.24, 2.45) is 0 Å². The Hall–Kier alpha value is -3.02. The smallest absolute Gasteiger partial charge is 0.253 e. The van der Waals surface area contributed by atoms with Crippen LogP contribution in [0.1, 0.15) is 23.2 Å². The van der Waals surface area contributed by atoms with Gasteiger partial charge in [0.05, 0.1) is 11.0 Å². The monoisotopic (exact) mass is 334 g/mol. The van der Waals surface area contributed by atoms with Crippen molar-refractivity contribution in [2.75, 3.05) is 13.1 Å². The van der Waals surface area contributed by atoms with Crippen LogP contribution in [0.3, 0.4) is 0 Å². The Morgan fingerprint density at radius 2 is 1.68 bits per heavy atom.